The molecule has 3 aromatic rings. The zero-order valence-electron chi connectivity index (χ0n) is 15.5. The zero-order chi connectivity index (χ0) is 19.5. The van der Waals surface area contributed by atoms with Gasteiger partial charge in [0.15, 0.2) is 5.78 Å². The summed E-state index contributed by atoms with van der Waals surface area (Å²) < 4.78 is 6.21. The number of thiophene rings is 1. The van der Waals surface area contributed by atoms with E-state index in [2.05, 4.69) is 18.2 Å². The van der Waals surface area contributed by atoms with Gasteiger partial charge in [-0.2, -0.15) is 5.26 Å². The monoisotopic (exact) mass is 405 g/mol. The van der Waals surface area contributed by atoms with Gasteiger partial charge in [0.2, 0.25) is 0 Å². The number of Topliss-reactive ketones (excluding diaryl/α,β-unsaturated/α-hetero) is 1. The van der Waals surface area contributed by atoms with Gasteiger partial charge in [0.1, 0.15) is 16.7 Å². The topological polar surface area (TPSA) is 50.1 Å². The number of hydrogen-bond acceptors (Lipinski definition) is 5. The van der Waals surface area contributed by atoms with Gasteiger partial charge < -0.3 is 4.74 Å². The van der Waals surface area contributed by atoms with Crippen LogP contribution in [0, 0.1) is 11.3 Å². The second kappa shape index (κ2) is 8.22. The number of nitriles is 1. The van der Waals surface area contributed by atoms with Gasteiger partial charge in [-0.25, -0.2) is 0 Å². The van der Waals surface area contributed by atoms with Crippen molar-refractivity contribution in [3.8, 4) is 11.8 Å². The third-order valence-corrected chi connectivity index (χ3v) is 7.52. The van der Waals surface area contributed by atoms with Gasteiger partial charge in [-0.15, -0.1) is 23.1 Å². The van der Waals surface area contributed by atoms with E-state index in [4.69, 9.17) is 4.74 Å². The Balaban J connectivity index is 1.60. The number of ketones is 1. The molecular formula is C23H19NO2S2. The lowest BCUT2D eigenvalue weighted by atomic mass is 9.80. The van der Waals surface area contributed by atoms with Crippen LogP contribution in [0.25, 0.3) is 0 Å². The number of carbonyl (C=O) groups is 1. The summed E-state index contributed by atoms with van der Waals surface area (Å²) in [5.74, 6) is 1.86. The average Bonchev–Trinajstić information content (AvgIpc) is 3.11. The SMILES string of the molecule is COc1ccc([C@H]2CC(=O)c3c(SCc4ccccc4)sc(C#N)c3C2)cc1. The van der Waals surface area contributed by atoms with Crippen LogP contribution in [0.4, 0.5) is 0 Å². The van der Waals surface area contributed by atoms with Crippen LogP contribution in [-0.2, 0) is 12.2 Å². The van der Waals surface area contributed by atoms with E-state index >= 15 is 0 Å². The molecule has 1 aliphatic rings. The molecule has 4 rings (SSSR count). The van der Waals surface area contributed by atoms with E-state index in [-0.39, 0.29) is 11.7 Å². The predicted octanol–water partition coefficient (Wildman–Crippen LogP) is 5.83. The van der Waals surface area contributed by atoms with Crippen molar-refractivity contribution in [2.75, 3.05) is 7.11 Å². The minimum absolute atomic E-state index is 0.111. The van der Waals surface area contributed by atoms with Crippen LogP contribution in [0.15, 0.2) is 58.8 Å². The number of ether oxygens (including phenoxy) is 1. The van der Waals surface area contributed by atoms with E-state index in [1.165, 1.54) is 16.9 Å². The number of nitrogens with zero attached hydrogens (tertiary/aromatic N) is 1. The predicted molar refractivity (Wildman–Crippen MR) is 113 cm³/mol. The molecule has 0 amide bonds. The Kier molecular flexibility index (Phi) is 5.52. The molecule has 1 atom stereocenters. The van der Waals surface area contributed by atoms with Crippen molar-refractivity contribution < 1.29 is 9.53 Å². The smallest absolute Gasteiger partial charge is 0.165 e. The summed E-state index contributed by atoms with van der Waals surface area (Å²) >= 11 is 3.12. The molecule has 5 heteroatoms. The Labute approximate surface area is 173 Å². The van der Waals surface area contributed by atoms with E-state index in [9.17, 15) is 10.1 Å². The van der Waals surface area contributed by atoms with Crippen molar-refractivity contribution in [1.82, 2.24) is 0 Å². The molecule has 0 unspecified atom stereocenters. The molecule has 2 aromatic carbocycles. The van der Waals surface area contributed by atoms with E-state index < -0.39 is 0 Å². The summed E-state index contributed by atoms with van der Waals surface area (Å²) in [5.41, 5.74) is 4.05. The second-order valence-electron chi connectivity index (χ2n) is 6.76. The largest absolute Gasteiger partial charge is 0.497 e. The third kappa shape index (κ3) is 3.71. The maximum Gasteiger partial charge on any atom is 0.165 e. The Morgan fingerprint density at radius 3 is 2.57 bits per heavy atom. The standard InChI is InChI=1S/C23H19NO2S2/c1-26-18-9-7-16(8-10-18)17-11-19-21(13-24)28-23(22(19)20(25)12-17)27-14-15-5-3-2-4-6-15/h2-10,17H,11-12,14H2,1H3/t17-/m1/s1. The molecule has 140 valence electrons. The Bertz CT molecular complexity index is 1030. The van der Waals surface area contributed by atoms with Crippen molar-refractivity contribution in [1.29, 1.82) is 5.26 Å². The summed E-state index contributed by atoms with van der Waals surface area (Å²) in [5, 5.41) is 9.63. The highest BCUT2D eigenvalue weighted by molar-refractivity contribution is 8.00. The van der Waals surface area contributed by atoms with Gasteiger partial charge in [0.25, 0.3) is 0 Å². The van der Waals surface area contributed by atoms with Crippen LogP contribution >= 0.6 is 23.1 Å². The lowest BCUT2D eigenvalue weighted by molar-refractivity contribution is 0.0962. The summed E-state index contributed by atoms with van der Waals surface area (Å²) in [6.45, 7) is 0. The van der Waals surface area contributed by atoms with Crippen LogP contribution in [-0.4, -0.2) is 12.9 Å². The molecule has 1 aromatic heterocycles. The highest BCUT2D eigenvalue weighted by Crippen LogP contribution is 2.44. The molecule has 0 fully saturated rings. The minimum Gasteiger partial charge on any atom is -0.497 e. The number of carbonyl (C=O) groups excluding carboxylic acids is 1. The molecule has 0 saturated carbocycles. The summed E-state index contributed by atoms with van der Waals surface area (Å²) in [6, 6.07) is 20.4. The molecule has 3 nitrogen and oxygen atoms in total. The van der Waals surface area contributed by atoms with Crippen LogP contribution in [0.2, 0.25) is 0 Å². The van der Waals surface area contributed by atoms with E-state index in [1.807, 2.05) is 42.5 Å². The molecule has 28 heavy (non-hydrogen) atoms. The van der Waals surface area contributed by atoms with Crippen LogP contribution in [0.3, 0.4) is 0 Å². The molecule has 0 spiro atoms. The Morgan fingerprint density at radius 1 is 1.14 bits per heavy atom. The summed E-state index contributed by atoms with van der Waals surface area (Å²) in [4.78, 5) is 13.7. The first-order chi connectivity index (χ1) is 13.7. The van der Waals surface area contributed by atoms with Crippen LogP contribution in [0.1, 0.15) is 44.3 Å². The molecule has 0 saturated heterocycles. The molecule has 0 aliphatic heterocycles. The average molecular weight is 406 g/mol. The highest BCUT2D eigenvalue weighted by atomic mass is 32.2. The summed E-state index contributed by atoms with van der Waals surface area (Å²) in [6.07, 6.45) is 1.22. The van der Waals surface area contributed by atoms with Gasteiger partial charge in [0, 0.05) is 17.7 Å². The number of methoxy groups -OCH3 is 1. The first kappa shape index (κ1) is 18.8. The van der Waals surface area contributed by atoms with E-state index in [0.29, 0.717) is 11.3 Å². The van der Waals surface area contributed by atoms with Gasteiger partial charge in [-0.05, 0) is 41.2 Å². The fourth-order valence-corrected chi connectivity index (χ4v) is 6.00. The number of rotatable bonds is 5. The lowest BCUT2D eigenvalue weighted by Crippen LogP contribution is -2.18. The van der Waals surface area contributed by atoms with E-state index in [1.54, 1.807) is 18.9 Å². The van der Waals surface area contributed by atoms with Crippen molar-refractivity contribution in [3.63, 3.8) is 0 Å². The molecule has 1 aliphatic carbocycles. The molecular weight excluding hydrogens is 386 g/mol. The lowest BCUT2D eigenvalue weighted by Gasteiger charge is -2.23. The number of fused-ring (bicyclic) bond motifs is 1. The maximum absolute atomic E-state index is 13.0. The maximum atomic E-state index is 13.0. The van der Waals surface area contributed by atoms with Crippen molar-refractivity contribution in [2.24, 2.45) is 0 Å². The first-order valence-electron chi connectivity index (χ1n) is 9.09. The van der Waals surface area contributed by atoms with Crippen LogP contribution in [0.5, 0.6) is 5.75 Å². The normalized spacial score (nSPS) is 15.7. The van der Waals surface area contributed by atoms with Gasteiger partial charge in [0.05, 0.1) is 11.3 Å². The fourth-order valence-electron chi connectivity index (χ4n) is 3.59. The van der Waals surface area contributed by atoms with Crippen molar-refractivity contribution in [3.05, 3.63) is 81.7 Å². The minimum atomic E-state index is 0.111. The Hall–Kier alpha value is -2.55. The molecule has 1 heterocycles. The zero-order valence-corrected chi connectivity index (χ0v) is 17.1. The van der Waals surface area contributed by atoms with Gasteiger partial charge in [-0.1, -0.05) is 42.5 Å². The van der Waals surface area contributed by atoms with E-state index in [0.717, 1.165) is 38.8 Å². The van der Waals surface area contributed by atoms with Gasteiger partial charge >= 0.3 is 0 Å². The molecule has 0 bridgehead atoms. The molecule has 0 N–H and O–H groups in total. The second-order valence-corrected chi connectivity index (χ2v) is 9.02. The quantitative estimate of drug-likeness (QED) is 0.501. The summed E-state index contributed by atoms with van der Waals surface area (Å²) in [7, 11) is 1.64. The first-order valence-corrected chi connectivity index (χ1v) is 10.9. The highest BCUT2D eigenvalue weighted by Gasteiger charge is 2.32. The fraction of sp³-hybridized carbons (Fsp3) is 0.217. The Morgan fingerprint density at radius 2 is 1.89 bits per heavy atom. The number of benzene rings is 2. The number of thioether (sulfide) groups is 1. The van der Waals surface area contributed by atoms with Crippen LogP contribution < -0.4 is 4.74 Å². The number of hydrogen-bond donors (Lipinski definition) is 0. The van der Waals surface area contributed by atoms with Gasteiger partial charge in [-0.3, -0.25) is 4.79 Å². The molecule has 0 radical (unpaired) electrons. The van der Waals surface area contributed by atoms with Crippen molar-refractivity contribution >= 4 is 28.9 Å². The third-order valence-electron chi connectivity index (χ3n) is 5.04. The van der Waals surface area contributed by atoms with Crippen molar-refractivity contribution in [2.45, 2.75) is 28.7 Å².